The number of hydrogen-bond acceptors (Lipinski definition) is 2. The monoisotopic (exact) mass is 223 g/mol. The normalized spacial score (nSPS) is 15.9. The van der Waals surface area contributed by atoms with Gasteiger partial charge >= 0.3 is 0 Å². The Balaban J connectivity index is 2.36. The van der Waals surface area contributed by atoms with Crippen molar-refractivity contribution in [2.45, 2.75) is 0 Å². The Morgan fingerprint density at radius 1 is 1.19 bits per heavy atom. The van der Waals surface area contributed by atoms with Crippen molar-refractivity contribution in [3.05, 3.63) is 35.2 Å². The third kappa shape index (κ3) is 1.97. The molecule has 3 nitrogen and oxygen atoms in total. The minimum absolute atomic E-state index is 0.00566. The zero-order valence-electron chi connectivity index (χ0n) is 8.63. The molecule has 0 aliphatic carbocycles. The van der Waals surface area contributed by atoms with Crippen LogP contribution in [0.4, 0.5) is 20.2 Å². The fraction of sp³-hybridized carbons (Fsp3) is 0.364. The van der Waals surface area contributed by atoms with Crippen molar-refractivity contribution in [3.8, 4) is 0 Å². The molecule has 1 aromatic carbocycles. The first-order chi connectivity index (χ1) is 7.72. The number of anilines is 1. The van der Waals surface area contributed by atoms with Gasteiger partial charge in [0, 0.05) is 26.2 Å². The summed E-state index contributed by atoms with van der Waals surface area (Å²) in [5, 5.41) is 3.11. The summed E-state index contributed by atoms with van der Waals surface area (Å²) < 4.78 is 27.3. The lowest BCUT2D eigenvalue weighted by Crippen LogP contribution is -2.44. The van der Waals surface area contributed by atoms with E-state index in [-0.39, 0.29) is 11.4 Å². The molecule has 0 bridgehead atoms. The molecule has 16 heavy (non-hydrogen) atoms. The van der Waals surface area contributed by atoms with Crippen molar-refractivity contribution in [2.75, 3.05) is 31.1 Å². The second-order valence-electron chi connectivity index (χ2n) is 3.61. The van der Waals surface area contributed by atoms with Crippen LogP contribution in [0.15, 0.2) is 12.1 Å². The van der Waals surface area contributed by atoms with E-state index < -0.39 is 11.6 Å². The zero-order valence-corrected chi connectivity index (χ0v) is 8.63. The molecule has 0 unspecified atom stereocenters. The molecule has 1 saturated heterocycles. The van der Waals surface area contributed by atoms with Crippen LogP contribution >= 0.6 is 0 Å². The Morgan fingerprint density at radius 3 is 2.25 bits per heavy atom. The van der Waals surface area contributed by atoms with E-state index in [0.717, 1.165) is 12.1 Å². The highest BCUT2D eigenvalue weighted by Gasteiger charge is 2.19. The van der Waals surface area contributed by atoms with Gasteiger partial charge in [-0.3, -0.25) is 0 Å². The molecular formula is C11H11F2N3. The van der Waals surface area contributed by atoms with Crippen molar-refractivity contribution in [1.29, 1.82) is 0 Å². The summed E-state index contributed by atoms with van der Waals surface area (Å²) in [5.41, 5.74) is -0.0252. The zero-order chi connectivity index (χ0) is 11.5. The van der Waals surface area contributed by atoms with Crippen LogP contribution in [0.3, 0.4) is 0 Å². The number of halogens is 2. The van der Waals surface area contributed by atoms with Crippen molar-refractivity contribution in [2.24, 2.45) is 0 Å². The Kier molecular flexibility index (Phi) is 3.02. The lowest BCUT2D eigenvalue weighted by Gasteiger charge is -2.30. The fourth-order valence-corrected chi connectivity index (χ4v) is 1.81. The molecule has 0 aromatic heterocycles. The summed E-state index contributed by atoms with van der Waals surface area (Å²) in [6.07, 6.45) is 0. The molecule has 0 atom stereocenters. The molecule has 2 rings (SSSR count). The Bertz CT molecular complexity index is 410. The number of benzene rings is 1. The number of rotatable bonds is 1. The summed E-state index contributed by atoms with van der Waals surface area (Å²) in [5.74, 6) is -1.32. The standard InChI is InChI=1S/C11H11F2N3/c1-14-8-6-9(12)11(10(13)7-8)16-4-2-15-3-5-16/h6-7,15H,2-5H2. The van der Waals surface area contributed by atoms with Crippen LogP contribution in [-0.4, -0.2) is 26.2 Å². The Hall–Kier alpha value is -1.67. The van der Waals surface area contributed by atoms with Crippen LogP contribution < -0.4 is 10.2 Å². The number of hydrogen-bond donors (Lipinski definition) is 1. The Labute approximate surface area is 92.5 Å². The summed E-state index contributed by atoms with van der Waals surface area (Å²) in [7, 11) is 0. The van der Waals surface area contributed by atoms with Crippen LogP contribution in [-0.2, 0) is 0 Å². The van der Waals surface area contributed by atoms with Crippen LogP contribution in [0.2, 0.25) is 0 Å². The third-order valence-electron chi connectivity index (χ3n) is 2.56. The second kappa shape index (κ2) is 4.45. The maximum absolute atomic E-state index is 13.6. The van der Waals surface area contributed by atoms with E-state index in [0.29, 0.717) is 26.2 Å². The highest BCUT2D eigenvalue weighted by molar-refractivity contribution is 5.58. The SMILES string of the molecule is [C-]#[N+]c1cc(F)c(N2CCNCC2)c(F)c1. The number of nitrogens with one attached hydrogen (secondary N) is 1. The predicted molar refractivity (Wildman–Crippen MR) is 57.7 cm³/mol. The van der Waals surface area contributed by atoms with Gasteiger partial charge in [0.1, 0.15) is 17.3 Å². The van der Waals surface area contributed by atoms with Crippen LogP contribution in [0.1, 0.15) is 0 Å². The quantitative estimate of drug-likeness (QED) is 0.734. The van der Waals surface area contributed by atoms with Crippen molar-refractivity contribution < 1.29 is 8.78 Å². The van der Waals surface area contributed by atoms with Gasteiger partial charge in [-0.2, -0.15) is 0 Å². The van der Waals surface area contributed by atoms with Gasteiger partial charge in [-0.25, -0.2) is 13.6 Å². The molecule has 0 saturated carbocycles. The van der Waals surface area contributed by atoms with Gasteiger partial charge < -0.3 is 10.2 Å². The van der Waals surface area contributed by atoms with Gasteiger partial charge in [0.25, 0.3) is 0 Å². The summed E-state index contributed by atoms with van der Waals surface area (Å²) in [6.45, 7) is 9.29. The highest BCUT2D eigenvalue weighted by atomic mass is 19.1. The fourth-order valence-electron chi connectivity index (χ4n) is 1.81. The summed E-state index contributed by atoms with van der Waals surface area (Å²) in [6, 6.07) is 2.15. The van der Waals surface area contributed by atoms with Crippen molar-refractivity contribution in [3.63, 3.8) is 0 Å². The van der Waals surface area contributed by atoms with E-state index in [1.54, 1.807) is 4.90 Å². The summed E-state index contributed by atoms with van der Waals surface area (Å²) >= 11 is 0. The van der Waals surface area contributed by atoms with Gasteiger partial charge in [0.15, 0.2) is 5.69 Å². The molecule has 1 aromatic rings. The third-order valence-corrected chi connectivity index (χ3v) is 2.56. The van der Waals surface area contributed by atoms with Gasteiger partial charge in [-0.05, 0) is 12.1 Å². The van der Waals surface area contributed by atoms with E-state index in [2.05, 4.69) is 10.2 Å². The molecule has 0 radical (unpaired) electrons. The smallest absolute Gasteiger partial charge is 0.193 e. The molecule has 1 heterocycles. The molecule has 5 heteroatoms. The molecule has 1 fully saturated rings. The average molecular weight is 223 g/mol. The maximum Gasteiger partial charge on any atom is 0.193 e. The molecule has 0 spiro atoms. The largest absolute Gasteiger partial charge is 0.364 e. The van der Waals surface area contributed by atoms with E-state index in [1.807, 2.05) is 0 Å². The van der Waals surface area contributed by atoms with Crippen LogP contribution in [0, 0.1) is 18.2 Å². The first-order valence-electron chi connectivity index (χ1n) is 5.04. The average Bonchev–Trinajstić information content (AvgIpc) is 2.29. The molecule has 1 aliphatic rings. The molecule has 84 valence electrons. The number of piperazine rings is 1. The van der Waals surface area contributed by atoms with E-state index >= 15 is 0 Å². The lowest BCUT2D eigenvalue weighted by atomic mass is 10.2. The predicted octanol–water partition coefficient (Wildman–Crippen LogP) is 1.93. The first kappa shape index (κ1) is 10.8. The molecule has 1 N–H and O–H groups in total. The van der Waals surface area contributed by atoms with Crippen molar-refractivity contribution >= 4 is 11.4 Å². The van der Waals surface area contributed by atoms with Gasteiger partial charge in [-0.15, -0.1) is 0 Å². The Morgan fingerprint density at radius 2 is 1.75 bits per heavy atom. The molecule has 0 amide bonds. The molecular weight excluding hydrogens is 212 g/mol. The number of nitrogens with zero attached hydrogens (tertiary/aromatic N) is 2. The molecule has 1 aliphatic heterocycles. The highest BCUT2D eigenvalue weighted by Crippen LogP contribution is 2.28. The topological polar surface area (TPSA) is 19.6 Å². The van der Waals surface area contributed by atoms with E-state index in [9.17, 15) is 8.78 Å². The second-order valence-corrected chi connectivity index (χ2v) is 3.61. The van der Waals surface area contributed by atoms with Crippen molar-refractivity contribution in [1.82, 2.24) is 5.32 Å². The van der Waals surface area contributed by atoms with Crippen LogP contribution in [0.5, 0.6) is 0 Å². The maximum atomic E-state index is 13.6. The lowest BCUT2D eigenvalue weighted by molar-refractivity contribution is 0.538. The van der Waals surface area contributed by atoms with E-state index in [1.165, 1.54) is 0 Å². The van der Waals surface area contributed by atoms with E-state index in [4.69, 9.17) is 6.57 Å². The minimum Gasteiger partial charge on any atom is -0.364 e. The van der Waals surface area contributed by atoms with Gasteiger partial charge in [0.05, 0.1) is 6.57 Å². The summed E-state index contributed by atoms with van der Waals surface area (Å²) in [4.78, 5) is 4.68. The van der Waals surface area contributed by atoms with Gasteiger partial charge in [0.2, 0.25) is 0 Å². The first-order valence-corrected chi connectivity index (χ1v) is 5.04. The minimum atomic E-state index is -0.659. The van der Waals surface area contributed by atoms with Gasteiger partial charge in [-0.1, -0.05) is 0 Å². The van der Waals surface area contributed by atoms with Crippen LogP contribution in [0.25, 0.3) is 4.85 Å².